The molecule has 0 bridgehead atoms. The number of hydrogen-bond acceptors (Lipinski definition) is 8. The number of amides is 1. The maximum absolute atomic E-state index is 12.6. The van der Waals surface area contributed by atoms with E-state index in [0.717, 1.165) is 10.6 Å². The number of rotatable bonds is 10. The molecule has 32 heavy (non-hydrogen) atoms. The molecule has 0 aliphatic rings. The number of carbonyl (C=O) groups excluding carboxylic acids is 1. The Morgan fingerprint density at radius 1 is 1.00 bits per heavy atom. The van der Waals surface area contributed by atoms with E-state index in [1.807, 2.05) is 0 Å². The monoisotopic (exact) mass is 465 g/mol. The minimum Gasteiger partial charge on any atom is -0.497 e. The molecule has 0 spiro atoms. The van der Waals surface area contributed by atoms with Gasteiger partial charge in [-0.05, 0) is 43.3 Å². The lowest BCUT2D eigenvalue weighted by atomic mass is 10.2. The second kappa shape index (κ2) is 10.7. The van der Waals surface area contributed by atoms with Gasteiger partial charge >= 0.3 is 0 Å². The van der Waals surface area contributed by atoms with E-state index in [4.69, 9.17) is 18.9 Å². The van der Waals surface area contributed by atoms with Crippen LogP contribution in [0.25, 0.3) is 0 Å². The molecule has 0 aliphatic carbocycles. The number of carbonyl (C=O) groups is 1. The van der Waals surface area contributed by atoms with Crippen molar-refractivity contribution >= 4 is 27.8 Å². The Bertz CT molecular complexity index is 1040. The molecule has 1 amide bonds. The van der Waals surface area contributed by atoms with Gasteiger partial charge in [0.15, 0.2) is 11.5 Å². The van der Waals surface area contributed by atoms with Gasteiger partial charge in [0.05, 0.1) is 46.6 Å². The highest BCUT2D eigenvalue weighted by Crippen LogP contribution is 2.37. The first-order valence-electron chi connectivity index (χ1n) is 9.42. The van der Waals surface area contributed by atoms with Crippen LogP contribution in [0.15, 0.2) is 41.5 Å². The van der Waals surface area contributed by atoms with Gasteiger partial charge in [-0.2, -0.15) is 5.10 Å². The first-order chi connectivity index (χ1) is 15.2. The van der Waals surface area contributed by atoms with Crippen LogP contribution in [0, 0.1) is 0 Å². The maximum Gasteiger partial charge on any atom is 0.263 e. The SMILES string of the molecule is COc1ccc(N([C@@H](C)C(=O)N/N=C\c2cc(OC)c(OC)c(OC)c2)S(C)(=O)=O)cc1. The smallest absolute Gasteiger partial charge is 0.263 e. The van der Waals surface area contributed by atoms with Gasteiger partial charge in [0.25, 0.3) is 5.91 Å². The van der Waals surface area contributed by atoms with Crippen LogP contribution in [-0.4, -0.2) is 61.3 Å². The van der Waals surface area contributed by atoms with Crippen molar-refractivity contribution in [1.29, 1.82) is 0 Å². The Morgan fingerprint density at radius 2 is 1.56 bits per heavy atom. The second-order valence-electron chi connectivity index (χ2n) is 6.63. The van der Waals surface area contributed by atoms with Crippen molar-refractivity contribution in [2.45, 2.75) is 13.0 Å². The molecule has 10 nitrogen and oxygen atoms in total. The summed E-state index contributed by atoms with van der Waals surface area (Å²) in [6, 6.07) is 8.59. The minimum absolute atomic E-state index is 0.324. The van der Waals surface area contributed by atoms with Crippen LogP contribution >= 0.6 is 0 Å². The fourth-order valence-corrected chi connectivity index (χ4v) is 4.15. The third-order valence-corrected chi connectivity index (χ3v) is 5.73. The zero-order valence-corrected chi connectivity index (χ0v) is 19.6. The first-order valence-corrected chi connectivity index (χ1v) is 11.3. The lowest BCUT2D eigenvalue weighted by Crippen LogP contribution is -2.46. The predicted molar refractivity (Wildman–Crippen MR) is 122 cm³/mol. The number of hydrazone groups is 1. The van der Waals surface area contributed by atoms with Gasteiger partial charge in [-0.15, -0.1) is 0 Å². The van der Waals surface area contributed by atoms with Crippen molar-refractivity contribution in [1.82, 2.24) is 5.43 Å². The van der Waals surface area contributed by atoms with Gasteiger partial charge in [0.1, 0.15) is 11.8 Å². The quantitative estimate of drug-likeness (QED) is 0.422. The number of hydrogen-bond donors (Lipinski definition) is 1. The van der Waals surface area contributed by atoms with E-state index in [1.54, 1.807) is 36.4 Å². The Morgan fingerprint density at radius 3 is 2.00 bits per heavy atom. The molecule has 2 aromatic carbocycles. The lowest BCUT2D eigenvalue weighted by molar-refractivity contribution is -0.121. The summed E-state index contributed by atoms with van der Waals surface area (Å²) in [4.78, 5) is 12.6. The van der Waals surface area contributed by atoms with Crippen molar-refractivity contribution in [3.8, 4) is 23.0 Å². The van der Waals surface area contributed by atoms with Gasteiger partial charge < -0.3 is 18.9 Å². The normalized spacial score (nSPS) is 12.2. The number of ether oxygens (including phenoxy) is 4. The number of anilines is 1. The molecule has 2 rings (SSSR count). The summed E-state index contributed by atoms with van der Waals surface area (Å²) < 4.78 is 46.7. The number of nitrogens with one attached hydrogen (secondary N) is 1. The van der Waals surface area contributed by atoms with Crippen LogP contribution in [0.2, 0.25) is 0 Å². The molecule has 0 aliphatic heterocycles. The van der Waals surface area contributed by atoms with Crippen LogP contribution in [0.5, 0.6) is 23.0 Å². The molecule has 0 aromatic heterocycles. The summed E-state index contributed by atoms with van der Waals surface area (Å²) in [5.41, 5.74) is 3.26. The van der Waals surface area contributed by atoms with Crippen LogP contribution in [0.1, 0.15) is 12.5 Å². The highest BCUT2D eigenvalue weighted by molar-refractivity contribution is 7.92. The van der Waals surface area contributed by atoms with Crippen LogP contribution in [-0.2, 0) is 14.8 Å². The van der Waals surface area contributed by atoms with E-state index in [9.17, 15) is 13.2 Å². The lowest BCUT2D eigenvalue weighted by Gasteiger charge is -2.27. The molecule has 174 valence electrons. The van der Waals surface area contributed by atoms with Gasteiger partial charge in [0.2, 0.25) is 15.8 Å². The summed E-state index contributed by atoms with van der Waals surface area (Å²) in [6.07, 6.45) is 2.41. The Balaban J connectivity index is 2.22. The number of sulfonamides is 1. The van der Waals surface area contributed by atoms with E-state index < -0.39 is 22.0 Å². The molecule has 0 saturated heterocycles. The van der Waals surface area contributed by atoms with Gasteiger partial charge in [-0.25, -0.2) is 13.8 Å². The van der Waals surface area contributed by atoms with E-state index in [0.29, 0.717) is 34.2 Å². The Hall–Kier alpha value is -3.47. The van der Waals surface area contributed by atoms with E-state index in [1.165, 1.54) is 41.6 Å². The molecule has 0 saturated carbocycles. The zero-order valence-electron chi connectivity index (χ0n) is 18.8. The topological polar surface area (TPSA) is 116 Å². The highest BCUT2D eigenvalue weighted by Gasteiger charge is 2.29. The molecule has 0 fully saturated rings. The first kappa shape index (κ1) is 24.8. The average molecular weight is 466 g/mol. The summed E-state index contributed by atoms with van der Waals surface area (Å²) in [5, 5.41) is 3.94. The molecular weight excluding hydrogens is 438 g/mol. The van der Waals surface area contributed by atoms with Crippen molar-refractivity contribution < 1.29 is 32.2 Å². The Kier molecular flexibility index (Phi) is 8.30. The standard InChI is InChI=1S/C21H27N3O7S/c1-14(24(32(6,26)27)16-7-9-17(28-2)10-8-16)21(25)23-22-13-15-11-18(29-3)20(31-5)19(12-15)30-4/h7-14H,1-6H3,(H,23,25)/b22-13-/t14-/m0/s1. The molecular formula is C21H27N3O7S. The molecule has 0 unspecified atom stereocenters. The fourth-order valence-electron chi connectivity index (χ4n) is 2.98. The van der Waals surface area contributed by atoms with Crippen molar-refractivity contribution in [2.75, 3.05) is 39.0 Å². The van der Waals surface area contributed by atoms with E-state index >= 15 is 0 Å². The van der Waals surface area contributed by atoms with Crippen molar-refractivity contribution in [3.05, 3.63) is 42.0 Å². The molecule has 2 aromatic rings. The highest BCUT2D eigenvalue weighted by atomic mass is 32.2. The number of methoxy groups -OCH3 is 4. The minimum atomic E-state index is -3.75. The summed E-state index contributed by atoms with van der Waals surface area (Å²) in [5.74, 6) is 1.23. The van der Waals surface area contributed by atoms with Crippen molar-refractivity contribution in [2.24, 2.45) is 5.10 Å². The van der Waals surface area contributed by atoms with Gasteiger partial charge in [-0.1, -0.05) is 0 Å². The van der Waals surface area contributed by atoms with Crippen LogP contribution < -0.4 is 28.7 Å². The Labute approximate surface area is 187 Å². The van der Waals surface area contributed by atoms with Crippen molar-refractivity contribution in [3.63, 3.8) is 0 Å². The predicted octanol–water partition coefficient (Wildman–Crippen LogP) is 2.03. The van der Waals surface area contributed by atoms with E-state index in [-0.39, 0.29) is 0 Å². The number of benzene rings is 2. The summed E-state index contributed by atoms with van der Waals surface area (Å²) in [6.45, 7) is 1.47. The summed E-state index contributed by atoms with van der Waals surface area (Å²) in [7, 11) is 2.22. The van der Waals surface area contributed by atoms with Gasteiger partial charge in [0, 0.05) is 5.56 Å². The second-order valence-corrected chi connectivity index (χ2v) is 8.49. The summed E-state index contributed by atoms with van der Waals surface area (Å²) >= 11 is 0. The zero-order chi connectivity index (χ0) is 23.9. The average Bonchev–Trinajstić information content (AvgIpc) is 2.77. The number of nitrogens with zero attached hydrogens (tertiary/aromatic N) is 2. The largest absolute Gasteiger partial charge is 0.497 e. The molecule has 1 atom stereocenters. The van der Waals surface area contributed by atoms with Crippen LogP contribution in [0.4, 0.5) is 5.69 Å². The third-order valence-electron chi connectivity index (χ3n) is 4.49. The van der Waals surface area contributed by atoms with E-state index in [2.05, 4.69) is 10.5 Å². The third kappa shape index (κ3) is 5.82. The van der Waals surface area contributed by atoms with Gasteiger partial charge in [-0.3, -0.25) is 9.10 Å². The maximum atomic E-state index is 12.6. The molecule has 1 N–H and O–H groups in total. The molecule has 0 radical (unpaired) electrons. The molecule has 11 heteroatoms. The fraction of sp³-hybridized carbons (Fsp3) is 0.333. The molecule has 0 heterocycles. The van der Waals surface area contributed by atoms with Crippen LogP contribution in [0.3, 0.4) is 0 Å².